The number of thiazole rings is 1. The smallest absolute Gasteiger partial charge is 0.0798 e. The van der Waals surface area contributed by atoms with E-state index in [1.54, 1.807) is 0 Å². The number of likely N-dealkylation sites (tertiary alicyclic amines) is 1. The van der Waals surface area contributed by atoms with E-state index in [-0.39, 0.29) is 12.4 Å². The maximum atomic E-state index is 6.01. The van der Waals surface area contributed by atoms with Gasteiger partial charge >= 0.3 is 0 Å². The minimum atomic E-state index is 0. The Bertz CT molecular complexity index is 364. The lowest BCUT2D eigenvalue weighted by molar-refractivity contribution is 0.202. The average Bonchev–Trinajstić information content (AvgIpc) is 3.00. The fraction of sp³-hybridized carbons (Fsp3) is 0.750. The Balaban J connectivity index is 0.00000108. The molecule has 0 bridgehead atoms. The number of rotatable bonds is 3. The van der Waals surface area contributed by atoms with Gasteiger partial charge in [-0.1, -0.05) is 0 Å². The van der Waals surface area contributed by atoms with Crippen molar-refractivity contribution in [2.24, 2.45) is 5.73 Å². The van der Waals surface area contributed by atoms with Crippen LogP contribution in [0, 0.1) is 0 Å². The topological polar surface area (TPSA) is 42.1 Å². The van der Waals surface area contributed by atoms with E-state index < -0.39 is 0 Å². The Kier molecular flexibility index (Phi) is 4.42. The third-order valence-electron chi connectivity index (χ3n) is 3.55. The minimum absolute atomic E-state index is 0. The predicted octanol–water partition coefficient (Wildman–Crippen LogP) is 2.37. The molecule has 1 unspecified atom stereocenters. The molecule has 1 atom stereocenters. The van der Waals surface area contributed by atoms with E-state index in [0.29, 0.717) is 6.04 Å². The summed E-state index contributed by atoms with van der Waals surface area (Å²) in [6.07, 6.45) is 5.12. The highest BCUT2D eigenvalue weighted by molar-refractivity contribution is 7.09. The van der Waals surface area contributed by atoms with Gasteiger partial charge in [-0.2, -0.15) is 0 Å². The van der Waals surface area contributed by atoms with Crippen molar-refractivity contribution < 1.29 is 0 Å². The summed E-state index contributed by atoms with van der Waals surface area (Å²) in [7, 11) is 0. The summed E-state index contributed by atoms with van der Waals surface area (Å²) < 4.78 is 0. The first-order valence-corrected chi connectivity index (χ1v) is 7.11. The molecule has 0 amide bonds. The first-order valence-electron chi connectivity index (χ1n) is 6.23. The highest BCUT2D eigenvalue weighted by Gasteiger charge is 2.29. The van der Waals surface area contributed by atoms with Crippen LogP contribution in [0.4, 0.5) is 0 Å². The second-order valence-electron chi connectivity index (χ2n) is 5.07. The fourth-order valence-corrected chi connectivity index (χ4v) is 3.42. The van der Waals surface area contributed by atoms with E-state index in [9.17, 15) is 0 Å². The van der Waals surface area contributed by atoms with Crippen molar-refractivity contribution >= 4 is 23.7 Å². The van der Waals surface area contributed by atoms with Crippen LogP contribution in [-0.4, -0.2) is 29.0 Å². The first kappa shape index (κ1) is 13.3. The molecule has 1 aromatic heterocycles. The molecule has 5 heteroatoms. The van der Waals surface area contributed by atoms with Crippen LogP contribution < -0.4 is 5.73 Å². The molecular weight excluding hydrogens is 254 g/mol. The van der Waals surface area contributed by atoms with E-state index in [0.717, 1.165) is 19.0 Å². The predicted molar refractivity (Wildman–Crippen MR) is 73.8 cm³/mol. The molecule has 1 aliphatic heterocycles. The van der Waals surface area contributed by atoms with Crippen molar-refractivity contribution in [3.05, 3.63) is 16.1 Å². The van der Waals surface area contributed by atoms with Gasteiger partial charge in [-0.05, 0) is 32.2 Å². The van der Waals surface area contributed by atoms with Crippen molar-refractivity contribution in [3.63, 3.8) is 0 Å². The van der Waals surface area contributed by atoms with E-state index in [4.69, 9.17) is 5.73 Å². The van der Waals surface area contributed by atoms with Crippen LogP contribution >= 0.6 is 23.7 Å². The maximum Gasteiger partial charge on any atom is 0.0798 e. The van der Waals surface area contributed by atoms with Crippen LogP contribution in [0.5, 0.6) is 0 Å². The zero-order valence-corrected chi connectivity index (χ0v) is 11.6. The molecule has 3 rings (SSSR count). The number of nitrogens with two attached hydrogens (primary N) is 1. The summed E-state index contributed by atoms with van der Waals surface area (Å²) >= 11 is 1.82. The van der Waals surface area contributed by atoms with Gasteiger partial charge < -0.3 is 5.73 Å². The molecule has 0 radical (unpaired) electrons. The quantitative estimate of drug-likeness (QED) is 0.919. The van der Waals surface area contributed by atoms with Gasteiger partial charge in [0.15, 0.2) is 0 Å². The van der Waals surface area contributed by atoms with E-state index >= 15 is 0 Å². The van der Waals surface area contributed by atoms with Gasteiger partial charge in [-0.25, -0.2) is 4.98 Å². The van der Waals surface area contributed by atoms with Crippen molar-refractivity contribution in [1.82, 2.24) is 9.88 Å². The molecule has 0 spiro atoms. The average molecular weight is 274 g/mol. The largest absolute Gasteiger partial charge is 0.327 e. The molecule has 1 saturated heterocycles. The fourth-order valence-electron chi connectivity index (χ4n) is 2.53. The summed E-state index contributed by atoms with van der Waals surface area (Å²) in [6.45, 7) is 3.34. The number of hydrogen-bond donors (Lipinski definition) is 1. The molecule has 17 heavy (non-hydrogen) atoms. The molecule has 96 valence electrons. The van der Waals surface area contributed by atoms with Gasteiger partial charge in [-0.15, -0.1) is 23.7 Å². The van der Waals surface area contributed by atoms with Gasteiger partial charge in [0.05, 0.1) is 11.2 Å². The standard InChI is InChI=1S/C12H19N3S.ClH/c13-10-2-1-5-15(6-10)7-11-12(9-3-4-9)14-8-16-11;/h8-10H,1-7,13H2;1H. The Labute approximate surface area is 113 Å². The zero-order chi connectivity index (χ0) is 11.0. The Morgan fingerprint density at radius 2 is 2.24 bits per heavy atom. The summed E-state index contributed by atoms with van der Waals surface area (Å²) in [4.78, 5) is 8.50. The molecular formula is C12H20ClN3S. The molecule has 2 aliphatic rings. The lowest BCUT2D eigenvalue weighted by Crippen LogP contribution is -2.42. The summed E-state index contributed by atoms with van der Waals surface area (Å²) in [5.41, 5.74) is 9.40. The highest BCUT2D eigenvalue weighted by atomic mass is 35.5. The van der Waals surface area contributed by atoms with Gasteiger partial charge in [0.2, 0.25) is 0 Å². The third-order valence-corrected chi connectivity index (χ3v) is 4.38. The molecule has 1 aliphatic carbocycles. The Hall–Kier alpha value is -0.160. The molecule has 3 nitrogen and oxygen atoms in total. The molecule has 0 aromatic carbocycles. The minimum Gasteiger partial charge on any atom is -0.327 e. The Morgan fingerprint density at radius 3 is 2.94 bits per heavy atom. The number of nitrogens with zero attached hydrogens (tertiary/aromatic N) is 2. The lowest BCUT2D eigenvalue weighted by Gasteiger charge is -2.30. The molecule has 2 N–H and O–H groups in total. The summed E-state index contributed by atoms with van der Waals surface area (Å²) in [5.74, 6) is 0.778. The van der Waals surface area contributed by atoms with E-state index in [1.165, 1.54) is 42.8 Å². The number of halogens is 1. The lowest BCUT2D eigenvalue weighted by atomic mass is 10.1. The monoisotopic (exact) mass is 273 g/mol. The van der Waals surface area contributed by atoms with E-state index in [1.807, 2.05) is 16.8 Å². The van der Waals surface area contributed by atoms with E-state index in [2.05, 4.69) is 9.88 Å². The molecule has 2 heterocycles. The van der Waals surface area contributed by atoms with Gasteiger partial charge in [0, 0.05) is 29.9 Å². The summed E-state index contributed by atoms with van der Waals surface area (Å²) in [6, 6.07) is 0.381. The van der Waals surface area contributed by atoms with Gasteiger partial charge in [0.25, 0.3) is 0 Å². The van der Waals surface area contributed by atoms with Crippen LogP contribution in [-0.2, 0) is 6.54 Å². The maximum absolute atomic E-state index is 6.01. The number of hydrogen-bond acceptors (Lipinski definition) is 4. The second-order valence-corrected chi connectivity index (χ2v) is 6.01. The van der Waals surface area contributed by atoms with Crippen LogP contribution in [0.1, 0.15) is 42.2 Å². The third kappa shape index (κ3) is 3.19. The SMILES string of the molecule is Cl.NC1CCCN(Cc2scnc2C2CC2)C1. The second kappa shape index (κ2) is 5.65. The van der Waals surface area contributed by atoms with Crippen molar-refractivity contribution in [2.75, 3.05) is 13.1 Å². The van der Waals surface area contributed by atoms with Gasteiger partial charge in [-0.3, -0.25) is 4.90 Å². The van der Waals surface area contributed by atoms with Crippen molar-refractivity contribution in [3.8, 4) is 0 Å². The highest BCUT2D eigenvalue weighted by Crippen LogP contribution is 2.42. The molecule has 1 aromatic rings. The van der Waals surface area contributed by atoms with Crippen LogP contribution in [0.3, 0.4) is 0 Å². The number of aromatic nitrogens is 1. The van der Waals surface area contributed by atoms with Crippen LogP contribution in [0.15, 0.2) is 5.51 Å². The summed E-state index contributed by atoms with van der Waals surface area (Å²) in [5, 5.41) is 0. The molecule has 1 saturated carbocycles. The normalized spacial score (nSPS) is 25.6. The van der Waals surface area contributed by atoms with Crippen LogP contribution in [0.25, 0.3) is 0 Å². The van der Waals surface area contributed by atoms with Crippen molar-refractivity contribution in [1.29, 1.82) is 0 Å². The zero-order valence-electron chi connectivity index (χ0n) is 9.97. The van der Waals surface area contributed by atoms with Crippen LogP contribution in [0.2, 0.25) is 0 Å². The van der Waals surface area contributed by atoms with Crippen molar-refractivity contribution in [2.45, 2.75) is 44.2 Å². The first-order chi connectivity index (χ1) is 7.83. The Morgan fingerprint density at radius 1 is 1.41 bits per heavy atom. The number of piperidine rings is 1. The van der Waals surface area contributed by atoms with Gasteiger partial charge in [0.1, 0.15) is 0 Å². The molecule has 2 fully saturated rings.